The van der Waals surface area contributed by atoms with E-state index in [-0.39, 0.29) is 11.8 Å². The molecule has 1 atom stereocenters. The van der Waals surface area contributed by atoms with E-state index in [2.05, 4.69) is 0 Å². The van der Waals surface area contributed by atoms with E-state index in [0.29, 0.717) is 12.0 Å². The second kappa shape index (κ2) is 3.22. The van der Waals surface area contributed by atoms with E-state index >= 15 is 0 Å². The fourth-order valence-electron chi connectivity index (χ4n) is 2.19. The maximum atomic E-state index is 11.5. The fraction of sp³-hybridized carbons (Fsp3) is 0.455. The van der Waals surface area contributed by atoms with Gasteiger partial charge in [0, 0.05) is 5.57 Å². The molecule has 1 unspecified atom stereocenters. The largest absolute Gasteiger partial charge is 0.369 e. The van der Waals surface area contributed by atoms with Crippen LogP contribution in [0.2, 0.25) is 0 Å². The van der Waals surface area contributed by atoms with Crippen LogP contribution in [0.4, 0.5) is 0 Å². The molecule has 4 heteroatoms. The summed E-state index contributed by atoms with van der Waals surface area (Å²) in [5, 5.41) is 0. The number of primary amides is 2. The van der Waals surface area contributed by atoms with Crippen LogP contribution in [0.5, 0.6) is 0 Å². The lowest BCUT2D eigenvalue weighted by Crippen LogP contribution is -2.40. The third kappa shape index (κ3) is 1.56. The predicted octanol–water partition coefficient (Wildman–Crippen LogP) is 0.240. The molecule has 80 valence electrons. The zero-order valence-electron chi connectivity index (χ0n) is 8.40. The molecule has 15 heavy (non-hydrogen) atoms. The minimum Gasteiger partial charge on any atom is -0.369 e. The number of allylic oxidation sites excluding steroid dienone is 2. The Labute approximate surface area is 88.0 Å². The Morgan fingerprint density at radius 1 is 1.33 bits per heavy atom. The Morgan fingerprint density at radius 2 is 2.00 bits per heavy atom. The van der Waals surface area contributed by atoms with Crippen LogP contribution in [-0.4, -0.2) is 11.8 Å². The molecule has 0 saturated heterocycles. The zero-order valence-corrected chi connectivity index (χ0v) is 8.40. The predicted molar refractivity (Wildman–Crippen MR) is 55.4 cm³/mol. The van der Waals surface area contributed by atoms with Crippen molar-refractivity contribution in [1.29, 1.82) is 0 Å². The first-order chi connectivity index (χ1) is 7.06. The van der Waals surface area contributed by atoms with E-state index in [1.807, 2.05) is 6.08 Å². The smallest absolute Gasteiger partial charge is 0.244 e. The third-order valence-corrected chi connectivity index (χ3v) is 3.26. The van der Waals surface area contributed by atoms with Gasteiger partial charge in [0.15, 0.2) is 0 Å². The minimum atomic E-state index is -0.668. The van der Waals surface area contributed by atoms with Crippen molar-refractivity contribution in [3.63, 3.8) is 0 Å². The number of hydrogen-bond donors (Lipinski definition) is 2. The molecule has 0 heterocycles. The van der Waals surface area contributed by atoms with Crippen LogP contribution < -0.4 is 11.5 Å². The summed E-state index contributed by atoms with van der Waals surface area (Å²) >= 11 is 0. The minimum absolute atomic E-state index is 0.286. The molecule has 2 amide bonds. The van der Waals surface area contributed by atoms with Crippen molar-refractivity contribution < 1.29 is 9.59 Å². The van der Waals surface area contributed by atoms with Crippen LogP contribution in [-0.2, 0) is 9.59 Å². The zero-order chi connectivity index (χ0) is 11.1. The molecule has 2 aliphatic rings. The number of carbonyl (C=O) groups excluding carboxylic acids is 2. The lowest BCUT2D eigenvalue weighted by atomic mass is 9.73. The van der Waals surface area contributed by atoms with Crippen LogP contribution in [0, 0.1) is 11.3 Å². The van der Waals surface area contributed by atoms with Crippen LogP contribution in [0.15, 0.2) is 23.8 Å². The monoisotopic (exact) mass is 206 g/mol. The average molecular weight is 206 g/mol. The molecule has 0 spiro atoms. The van der Waals surface area contributed by atoms with E-state index in [1.165, 1.54) is 0 Å². The number of nitrogens with two attached hydrogens (primary N) is 2. The summed E-state index contributed by atoms with van der Waals surface area (Å²) in [6.07, 6.45) is 7.55. The van der Waals surface area contributed by atoms with E-state index in [0.717, 1.165) is 12.8 Å². The summed E-state index contributed by atoms with van der Waals surface area (Å²) in [5.74, 6) is -0.534. The Balaban J connectivity index is 2.30. The molecule has 0 aliphatic heterocycles. The van der Waals surface area contributed by atoms with Crippen LogP contribution >= 0.6 is 0 Å². The molecule has 0 aromatic rings. The van der Waals surface area contributed by atoms with Crippen LogP contribution in [0.3, 0.4) is 0 Å². The molecule has 0 bridgehead atoms. The lowest BCUT2D eigenvalue weighted by molar-refractivity contribution is -0.126. The number of hydrogen-bond acceptors (Lipinski definition) is 2. The van der Waals surface area contributed by atoms with Gasteiger partial charge in [0.25, 0.3) is 0 Å². The average Bonchev–Trinajstić information content (AvgIpc) is 3.00. The maximum absolute atomic E-state index is 11.5. The summed E-state index contributed by atoms with van der Waals surface area (Å²) < 4.78 is 0. The molecule has 0 radical (unpaired) electrons. The van der Waals surface area contributed by atoms with Crippen molar-refractivity contribution in [2.45, 2.75) is 19.3 Å². The normalized spacial score (nSPS) is 29.7. The van der Waals surface area contributed by atoms with Crippen molar-refractivity contribution >= 4 is 11.8 Å². The Bertz CT molecular complexity index is 380. The summed E-state index contributed by atoms with van der Waals surface area (Å²) in [6, 6.07) is 0. The van der Waals surface area contributed by atoms with Crippen molar-refractivity contribution in [3.8, 4) is 0 Å². The molecule has 2 rings (SSSR count). The van der Waals surface area contributed by atoms with Gasteiger partial charge in [-0.1, -0.05) is 18.2 Å². The van der Waals surface area contributed by atoms with E-state index in [4.69, 9.17) is 11.5 Å². The van der Waals surface area contributed by atoms with Crippen molar-refractivity contribution in [3.05, 3.63) is 23.8 Å². The quantitative estimate of drug-likeness (QED) is 0.693. The van der Waals surface area contributed by atoms with E-state index in [9.17, 15) is 9.59 Å². The second-order valence-electron chi connectivity index (χ2n) is 4.27. The lowest BCUT2D eigenvalue weighted by Gasteiger charge is -2.29. The molecule has 0 aromatic carbocycles. The number of rotatable bonds is 3. The van der Waals surface area contributed by atoms with Gasteiger partial charge in [-0.3, -0.25) is 9.59 Å². The van der Waals surface area contributed by atoms with Crippen LogP contribution in [0.25, 0.3) is 0 Å². The molecule has 0 aromatic heterocycles. The van der Waals surface area contributed by atoms with Crippen molar-refractivity contribution in [1.82, 2.24) is 0 Å². The van der Waals surface area contributed by atoms with Crippen molar-refractivity contribution in [2.24, 2.45) is 22.8 Å². The number of carbonyl (C=O) groups is 2. The molecule has 1 fully saturated rings. The van der Waals surface area contributed by atoms with Gasteiger partial charge in [-0.2, -0.15) is 0 Å². The molecule has 1 saturated carbocycles. The summed E-state index contributed by atoms with van der Waals surface area (Å²) in [7, 11) is 0. The number of amides is 2. The Hall–Kier alpha value is -1.58. The van der Waals surface area contributed by atoms with Gasteiger partial charge in [0.05, 0.1) is 5.41 Å². The molecular formula is C11H14N2O2. The van der Waals surface area contributed by atoms with Gasteiger partial charge in [-0.15, -0.1) is 0 Å². The molecular weight excluding hydrogens is 192 g/mol. The Kier molecular flexibility index (Phi) is 2.14. The molecule has 4 nitrogen and oxygen atoms in total. The van der Waals surface area contributed by atoms with Crippen LogP contribution in [0.1, 0.15) is 19.3 Å². The summed E-state index contributed by atoms with van der Waals surface area (Å²) in [4.78, 5) is 22.6. The first kappa shape index (κ1) is 9.96. The second-order valence-corrected chi connectivity index (χ2v) is 4.27. The van der Waals surface area contributed by atoms with Gasteiger partial charge >= 0.3 is 0 Å². The fourth-order valence-corrected chi connectivity index (χ4v) is 2.19. The molecule has 4 N–H and O–H groups in total. The third-order valence-electron chi connectivity index (χ3n) is 3.26. The van der Waals surface area contributed by atoms with Gasteiger partial charge < -0.3 is 11.5 Å². The summed E-state index contributed by atoms with van der Waals surface area (Å²) in [6.45, 7) is 0. The highest BCUT2D eigenvalue weighted by molar-refractivity contribution is 5.95. The highest BCUT2D eigenvalue weighted by atomic mass is 16.1. The van der Waals surface area contributed by atoms with E-state index in [1.54, 1.807) is 12.2 Å². The van der Waals surface area contributed by atoms with Gasteiger partial charge in [-0.05, 0) is 25.2 Å². The van der Waals surface area contributed by atoms with Gasteiger partial charge in [0.1, 0.15) is 0 Å². The van der Waals surface area contributed by atoms with Gasteiger partial charge in [0.2, 0.25) is 11.8 Å². The highest BCUT2D eigenvalue weighted by Crippen LogP contribution is 2.51. The topological polar surface area (TPSA) is 86.2 Å². The SMILES string of the molecule is NC(=O)C1=CC=CC(C(N)=O)(C2CC2)C1. The first-order valence-corrected chi connectivity index (χ1v) is 5.04. The molecule has 2 aliphatic carbocycles. The van der Waals surface area contributed by atoms with E-state index < -0.39 is 11.3 Å². The highest BCUT2D eigenvalue weighted by Gasteiger charge is 2.49. The standard InChI is InChI=1S/C11H14N2O2/c12-9(14)7-2-1-5-11(6-7,10(13)15)8-3-4-8/h1-2,5,8H,3-4,6H2,(H2,12,14)(H2,13,15). The maximum Gasteiger partial charge on any atom is 0.244 e. The first-order valence-electron chi connectivity index (χ1n) is 5.04. The Morgan fingerprint density at radius 3 is 2.47 bits per heavy atom. The van der Waals surface area contributed by atoms with Gasteiger partial charge in [-0.25, -0.2) is 0 Å². The summed E-state index contributed by atoms with van der Waals surface area (Å²) in [5.41, 5.74) is 10.5. The van der Waals surface area contributed by atoms with Crippen molar-refractivity contribution in [2.75, 3.05) is 0 Å².